The van der Waals surface area contributed by atoms with Gasteiger partial charge in [-0.15, -0.1) is 11.3 Å². The first-order valence-corrected chi connectivity index (χ1v) is 11.8. The summed E-state index contributed by atoms with van der Waals surface area (Å²) >= 11 is 1.24. The monoisotopic (exact) mass is 401 g/mol. The Morgan fingerprint density at radius 1 is 1.23 bits per heavy atom. The minimum Gasteiger partial charge on any atom is -0.353 e. The Balaban J connectivity index is 1.70. The molecule has 1 aromatic heterocycles. The maximum Gasteiger partial charge on any atom is 0.252 e. The Kier molecular flexibility index (Phi) is 8.53. The lowest BCUT2D eigenvalue weighted by atomic mass is 10.1. The molecule has 26 heavy (non-hydrogen) atoms. The largest absolute Gasteiger partial charge is 0.353 e. The Bertz CT molecular complexity index is 639. The number of carbonyl (C=O) groups excluding carboxylic acids is 1. The first kappa shape index (κ1) is 21.3. The van der Waals surface area contributed by atoms with Crippen LogP contribution in [-0.2, 0) is 14.8 Å². The smallest absolute Gasteiger partial charge is 0.252 e. The molecule has 1 fully saturated rings. The summed E-state index contributed by atoms with van der Waals surface area (Å²) in [6.45, 7) is 6.62. The van der Waals surface area contributed by atoms with Crippen molar-refractivity contribution in [2.45, 2.75) is 56.2 Å². The molecule has 1 amide bonds. The predicted molar refractivity (Wildman–Crippen MR) is 106 cm³/mol. The summed E-state index contributed by atoms with van der Waals surface area (Å²) in [7, 11) is -3.38. The third kappa shape index (κ3) is 6.33. The molecule has 2 heterocycles. The number of nitrogens with zero attached hydrogens (tertiary/aromatic N) is 2. The van der Waals surface area contributed by atoms with Crippen LogP contribution in [0.25, 0.3) is 0 Å². The second kappa shape index (κ2) is 10.4. The number of nitrogens with one attached hydrogen (secondary N) is 1. The highest BCUT2D eigenvalue weighted by atomic mass is 32.2. The summed E-state index contributed by atoms with van der Waals surface area (Å²) in [5.74, 6) is 0.0301. The first-order valence-electron chi connectivity index (χ1n) is 9.49. The van der Waals surface area contributed by atoms with Gasteiger partial charge in [0.1, 0.15) is 4.21 Å². The van der Waals surface area contributed by atoms with Crippen LogP contribution >= 0.6 is 11.3 Å². The van der Waals surface area contributed by atoms with Crippen molar-refractivity contribution < 1.29 is 13.2 Å². The van der Waals surface area contributed by atoms with Gasteiger partial charge < -0.3 is 5.32 Å². The van der Waals surface area contributed by atoms with E-state index >= 15 is 0 Å². The van der Waals surface area contributed by atoms with Gasteiger partial charge in [-0.3, -0.25) is 9.69 Å². The number of rotatable bonds is 10. The molecular formula is C18H31N3O3S2. The molecule has 1 aliphatic heterocycles. The van der Waals surface area contributed by atoms with E-state index in [2.05, 4.69) is 19.2 Å². The minimum atomic E-state index is -3.38. The topological polar surface area (TPSA) is 69.7 Å². The van der Waals surface area contributed by atoms with Crippen LogP contribution in [0.4, 0.5) is 0 Å². The van der Waals surface area contributed by atoms with E-state index in [9.17, 15) is 13.2 Å². The molecule has 0 unspecified atom stereocenters. The lowest BCUT2D eigenvalue weighted by Crippen LogP contribution is -2.51. The molecule has 0 aliphatic carbocycles. The molecule has 0 saturated carbocycles. The zero-order valence-corrected chi connectivity index (χ0v) is 17.4. The molecule has 148 valence electrons. The molecule has 1 aliphatic rings. The Morgan fingerprint density at radius 2 is 1.96 bits per heavy atom. The van der Waals surface area contributed by atoms with Gasteiger partial charge in [0, 0.05) is 32.2 Å². The maximum atomic E-state index is 12.5. The van der Waals surface area contributed by atoms with E-state index in [1.165, 1.54) is 34.9 Å². The highest BCUT2D eigenvalue weighted by molar-refractivity contribution is 7.91. The number of piperazine rings is 1. The van der Waals surface area contributed by atoms with Gasteiger partial charge >= 0.3 is 0 Å². The molecule has 1 aromatic rings. The third-order valence-electron chi connectivity index (χ3n) is 4.69. The van der Waals surface area contributed by atoms with Gasteiger partial charge in [-0.1, -0.05) is 38.7 Å². The van der Waals surface area contributed by atoms with Crippen molar-refractivity contribution >= 4 is 27.3 Å². The van der Waals surface area contributed by atoms with Crippen molar-refractivity contribution in [3.63, 3.8) is 0 Å². The average molecular weight is 402 g/mol. The highest BCUT2D eigenvalue weighted by Crippen LogP contribution is 2.21. The molecular weight excluding hydrogens is 370 g/mol. The lowest BCUT2D eigenvalue weighted by molar-refractivity contribution is -0.123. The van der Waals surface area contributed by atoms with Crippen LogP contribution in [0.1, 0.15) is 46.0 Å². The Morgan fingerprint density at radius 3 is 2.58 bits per heavy atom. The number of sulfonamides is 1. The average Bonchev–Trinajstić information content (AvgIpc) is 3.14. The zero-order chi connectivity index (χ0) is 19.0. The van der Waals surface area contributed by atoms with Crippen molar-refractivity contribution in [1.82, 2.24) is 14.5 Å². The predicted octanol–water partition coefficient (Wildman–Crippen LogP) is 2.53. The maximum absolute atomic E-state index is 12.5. The van der Waals surface area contributed by atoms with E-state index in [4.69, 9.17) is 0 Å². The van der Waals surface area contributed by atoms with Crippen molar-refractivity contribution in [2.75, 3.05) is 32.7 Å². The molecule has 0 radical (unpaired) electrons. The Labute approximate surface area is 161 Å². The summed E-state index contributed by atoms with van der Waals surface area (Å²) in [5.41, 5.74) is 0. The van der Waals surface area contributed by atoms with Crippen molar-refractivity contribution in [2.24, 2.45) is 0 Å². The molecule has 0 bridgehead atoms. The van der Waals surface area contributed by atoms with Gasteiger partial charge in [0.15, 0.2) is 0 Å². The number of thiophene rings is 1. The molecule has 1 atom stereocenters. The van der Waals surface area contributed by atoms with Crippen LogP contribution in [0.3, 0.4) is 0 Å². The quantitative estimate of drug-likeness (QED) is 0.612. The van der Waals surface area contributed by atoms with E-state index in [1.54, 1.807) is 17.5 Å². The minimum absolute atomic E-state index is 0.0301. The molecule has 6 nitrogen and oxygen atoms in total. The second-order valence-electron chi connectivity index (χ2n) is 6.93. The van der Waals surface area contributed by atoms with Crippen molar-refractivity contribution in [1.29, 1.82) is 0 Å². The summed E-state index contributed by atoms with van der Waals surface area (Å²) in [6.07, 6.45) is 5.85. The summed E-state index contributed by atoms with van der Waals surface area (Å²) < 4.78 is 26.9. The number of carbonyl (C=O) groups is 1. The molecule has 0 aromatic carbocycles. The first-order chi connectivity index (χ1) is 12.4. The van der Waals surface area contributed by atoms with Crippen LogP contribution in [-0.4, -0.2) is 62.3 Å². The fraction of sp³-hybridized carbons (Fsp3) is 0.722. The van der Waals surface area contributed by atoms with Gasteiger partial charge in [-0.2, -0.15) is 4.31 Å². The lowest BCUT2D eigenvalue weighted by Gasteiger charge is -2.33. The van der Waals surface area contributed by atoms with Crippen molar-refractivity contribution in [3.8, 4) is 0 Å². The fourth-order valence-electron chi connectivity index (χ4n) is 3.14. The van der Waals surface area contributed by atoms with Crippen LogP contribution in [0.5, 0.6) is 0 Å². The molecule has 8 heteroatoms. The number of amides is 1. The molecule has 0 spiro atoms. The fourth-order valence-corrected chi connectivity index (χ4v) is 5.71. The number of unbranched alkanes of at least 4 members (excludes halogenated alkanes) is 3. The van der Waals surface area contributed by atoms with Gasteiger partial charge in [0.2, 0.25) is 5.91 Å². The SMILES string of the molecule is CCCCCC[C@H](C)NC(=O)CN1CCN(S(=O)(=O)c2cccs2)CC1. The third-order valence-corrected chi connectivity index (χ3v) is 7.96. The van der Waals surface area contributed by atoms with E-state index in [1.807, 2.05) is 4.90 Å². The summed E-state index contributed by atoms with van der Waals surface area (Å²) in [6, 6.07) is 3.59. The molecule has 1 N–H and O–H groups in total. The van der Waals surface area contributed by atoms with Gasteiger partial charge in [-0.25, -0.2) is 8.42 Å². The van der Waals surface area contributed by atoms with Crippen LogP contribution in [0, 0.1) is 0 Å². The van der Waals surface area contributed by atoms with Crippen LogP contribution in [0.2, 0.25) is 0 Å². The van der Waals surface area contributed by atoms with E-state index in [-0.39, 0.29) is 11.9 Å². The standard InChI is InChI=1S/C18H31N3O3S2/c1-3-4-5-6-8-16(2)19-17(22)15-20-10-12-21(13-11-20)26(23,24)18-9-7-14-25-18/h7,9,14,16H,3-6,8,10-13,15H2,1-2H3,(H,19,22)/t16-/m0/s1. The highest BCUT2D eigenvalue weighted by Gasteiger charge is 2.29. The second-order valence-corrected chi connectivity index (χ2v) is 10.0. The van der Waals surface area contributed by atoms with E-state index < -0.39 is 10.0 Å². The Hall–Kier alpha value is -0.960. The summed E-state index contributed by atoms with van der Waals surface area (Å²) in [4.78, 5) is 14.2. The number of hydrogen-bond donors (Lipinski definition) is 1. The molecule has 2 rings (SSSR count). The van der Waals surface area contributed by atoms with Crippen LogP contribution in [0.15, 0.2) is 21.7 Å². The van der Waals surface area contributed by atoms with Gasteiger partial charge in [-0.05, 0) is 24.8 Å². The number of hydrogen-bond acceptors (Lipinski definition) is 5. The molecule has 1 saturated heterocycles. The van der Waals surface area contributed by atoms with Gasteiger partial charge in [0.25, 0.3) is 10.0 Å². The zero-order valence-electron chi connectivity index (χ0n) is 15.8. The van der Waals surface area contributed by atoms with Crippen LogP contribution < -0.4 is 5.32 Å². The van der Waals surface area contributed by atoms with E-state index in [0.29, 0.717) is 36.9 Å². The van der Waals surface area contributed by atoms with Crippen molar-refractivity contribution in [3.05, 3.63) is 17.5 Å². The normalized spacial score (nSPS) is 17.9. The van der Waals surface area contributed by atoms with E-state index in [0.717, 1.165) is 12.8 Å². The van der Waals surface area contributed by atoms with Gasteiger partial charge in [0.05, 0.1) is 6.54 Å². The summed E-state index contributed by atoms with van der Waals surface area (Å²) in [5, 5.41) is 4.83.